The first-order valence-electron chi connectivity index (χ1n) is 7.41. The van der Waals surface area contributed by atoms with Crippen molar-refractivity contribution in [2.75, 3.05) is 13.2 Å². The molecule has 1 aliphatic heterocycles. The molecule has 1 rings (SSSR count). The number of urea groups is 1. The van der Waals surface area contributed by atoms with Gasteiger partial charge in [0, 0.05) is 19.0 Å². The number of carboxylic acids is 1. The highest BCUT2D eigenvalue weighted by atomic mass is 16.5. The van der Waals surface area contributed by atoms with Gasteiger partial charge in [0.05, 0.1) is 6.61 Å². The lowest BCUT2D eigenvalue weighted by molar-refractivity contribution is -0.147. The Balaban J connectivity index is 2.42. The minimum Gasteiger partial charge on any atom is -0.481 e. The van der Waals surface area contributed by atoms with Gasteiger partial charge < -0.3 is 20.1 Å². The normalized spacial score (nSPS) is 19.1. The SMILES string of the molecule is CCOC(=O)C1CCCN1C(=O)NC(C)CCCC(=O)O. The van der Waals surface area contributed by atoms with E-state index in [-0.39, 0.29) is 24.5 Å². The van der Waals surface area contributed by atoms with Gasteiger partial charge in [0.1, 0.15) is 6.04 Å². The second-order valence-corrected chi connectivity index (χ2v) is 5.24. The molecule has 120 valence electrons. The van der Waals surface area contributed by atoms with Crippen molar-refractivity contribution in [3.05, 3.63) is 0 Å². The fraction of sp³-hybridized carbons (Fsp3) is 0.786. The molecule has 0 aliphatic carbocycles. The van der Waals surface area contributed by atoms with E-state index < -0.39 is 12.0 Å². The molecule has 1 saturated heterocycles. The number of aliphatic carboxylic acids is 1. The lowest BCUT2D eigenvalue weighted by Crippen LogP contribution is -2.48. The third kappa shape index (κ3) is 5.61. The zero-order chi connectivity index (χ0) is 15.8. The molecule has 7 nitrogen and oxygen atoms in total. The Morgan fingerprint density at radius 3 is 2.76 bits per heavy atom. The molecule has 0 saturated carbocycles. The van der Waals surface area contributed by atoms with Crippen molar-refractivity contribution in [2.24, 2.45) is 0 Å². The highest BCUT2D eigenvalue weighted by molar-refractivity contribution is 5.84. The van der Waals surface area contributed by atoms with Crippen LogP contribution in [0.3, 0.4) is 0 Å². The predicted molar refractivity (Wildman–Crippen MR) is 75.8 cm³/mol. The Morgan fingerprint density at radius 1 is 1.43 bits per heavy atom. The summed E-state index contributed by atoms with van der Waals surface area (Å²) in [6, 6.07) is -0.912. The number of carbonyl (C=O) groups excluding carboxylic acids is 2. The average molecular weight is 300 g/mol. The maximum atomic E-state index is 12.2. The van der Waals surface area contributed by atoms with Crippen LogP contribution in [0.1, 0.15) is 46.0 Å². The molecule has 1 heterocycles. The molecule has 1 aliphatic rings. The number of likely N-dealkylation sites (tertiary alicyclic amines) is 1. The van der Waals surface area contributed by atoms with Crippen LogP contribution in [0, 0.1) is 0 Å². The van der Waals surface area contributed by atoms with Gasteiger partial charge in [-0.1, -0.05) is 0 Å². The van der Waals surface area contributed by atoms with Crippen molar-refractivity contribution in [1.29, 1.82) is 0 Å². The summed E-state index contributed by atoms with van der Waals surface area (Å²) in [6.07, 6.45) is 2.60. The van der Waals surface area contributed by atoms with Crippen LogP contribution in [0.25, 0.3) is 0 Å². The number of rotatable bonds is 7. The van der Waals surface area contributed by atoms with Gasteiger partial charge in [0.2, 0.25) is 0 Å². The van der Waals surface area contributed by atoms with Gasteiger partial charge in [0.25, 0.3) is 0 Å². The van der Waals surface area contributed by atoms with Crippen LogP contribution in [0.2, 0.25) is 0 Å². The van der Waals surface area contributed by atoms with Crippen molar-refractivity contribution in [2.45, 2.75) is 58.0 Å². The number of hydrogen-bond donors (Lipinski definition) is 2. The molecule has 1 fully saturated rings. The zero-order valence-electron chi connectivity index (χ0n) is 12.6. The number of carbonyl (C=O) groups is 3. The maximum absolute atomic E-state index is 12.2. The molecule has 0 bridgehead atoms. The molecule has 21 heavy (non-hydrogen) atoms. The zero-order valence-corrected chi connectivity index (χ0v) is 12.6. The Hall–Kier alpha value is -1.79. The lowest BCUT2D eigenvalue weighted by atomic mass is 10.1. The van der Waals surface area contributed by atoms with E-state index >= 15 is 0 Å². The van der Waals surface area contributed by atoms with E-state index in [1.807, 2.05) is 6.92 Å². The minimum atomic E-state index is -0.838. The molecule has 2 amide bonds. The summed E-state index contributed by atoms with van der Waals surface area (Å²) >= 11 is 0. The van der Waals surface area contributed by atoms with Crippen LogP contribution in [0.4, 0.5) is 4.79 Å². The molecule has 0 aromatic rings. The number of esters is 1. The molecule has 0 aromatic carbocycles. The van der Waals surface area contributed by atoms with Gasteiger partial charge in [-0.05, 0) is 39.5 Å². The number of carboxylic acid groups (broad SMARTS) is 1. The fourth-order valence-corrected chi connectivity index (χ4v) is 2.42. The number of ether oxygens (including phenoxy) is 1. The summed E-state index contributed by atoms with van der Waals surface area (Å²) < 4.78 is 4.98. The maximum Gasteiger partial charge on any atom is 0.328 e. The van der Waals surface area contributed by atoms with Crippen molar-refractivity contribution in [1.82, 2.24) is 10.2 Å². The van der Waals surface area contributed by atoms with E-state index in [1.54, 1.807) is 6.92 Å². The summed E-state index contributed by atoms with van der Waals surface area (Å²) in [5.41, 5.74) is 0. The quantitative estimate of drug-likeness (QED) is 0.692. The predicted octanol–water partition coefficient (Wildman–Crippen LogP) is 1.37. The number of amides is 2. The third-order valence-electron chi connectivity index (χ3n) is 3.47. The fourth-order valence-electron chi connectivity index (χ4n) is 2.42. The van der Waals surface area contributed by atoms with Crippen LogP contribution in [0.15, 0.2) is 0 Å². The van der Waals surface area contributed by atoms with Crippen molar-refractivity contribution >= 4 is 18.0 Å². The number of nitrogens with one attached hydrogen (secondary N) is 1. The minimum absolute atomic E-state index is 0.0926. The summed E-state index contributed by atoms with van der Waals surface area (Å²) in [7, 11) is 0. The molecule has 2 unspecified atom stereocenters. The molecule has 2 atom stereocenters. The van der Waals surface area contributed by atoms with Gasteiger partial charge in [-0.25, -0.2) is 9.59 Å². The molecule has 7 heteroatoms. The molecule has 0 spiro atoms. The van der Waals surface area contributed by atoms with E-state index in [0.717, 1.165) is 6.42 Å². The van der Waals surface area contributed by atoms with Gasteiger partial charge in [-0.15, -0.1) is 0 Å². The Morgan fingerprint density at radius 2 is 2.14 bits per heavy atom. The number of nitrogens with zero attached hydrogens (tertiary/aromatic N) is 1. The van der Waals surface area contributed by atoms with Crippen LogP contribution in [0.5, 0.6) is 0 Å². The first-order chi connectivity index (χ1) is 9.95. The third-order valence-corrected chi connectivity index (χ3v) is 3.47. The Labute approximate surface area is 124 Å². The molecule has 0 radical (unpaired) electrons. The second kappa shape index (κ2) is 8.49. The van der Waals surface area contributed by atoms with Crippen LogP contribution in [-0.2, 0) is 14.3 Å². The average Bonchev–Trinajstić information content (AvgIpc) is 2.87. The first kappa shape index (κ1) is 17.3. The van der Waals surface area contributed by atoms with E-state index in [1.165, 1.54) is 4.90 Å². The van der Waals surface area contributed by atoms with Crippen LogP contribution < -0.4 is 5.32 Å². The molecular weight excluding hydrogens is 276 g/mol. The van der Waals surface area contributed by atoms with Gasteiger partial charge in [-0.2, -0.15) is 0 Å². The van der Waals surface area contributed by atoms with Gasteiger partial charge in [0.15, 0.2) is 0 Å². The van der Waals surface area contributed by atoms with Crippen LogP contribution >= 0.6 is 0 Å². The highest BCUT2D eigenvalue weighted by Crippen LogP contribution is 2.19. The standard InChI is InChI=1S/C14H24N2O5/c1-3-21-13(19)11-7-5-9-16(11)14(20)15-10(2)6-4-8-12(17)18/h10-11H,3-9H2,1-2H3,(H,15,20)(H,17,18). The van der Waals surface area contributed by atoms with Crippen molar-refractivity contribution in [3.8, 4) is 0 Å². The van der Waals surface area contributed by atoms with Crippen molar-refractivity contribution in [3.63, 3.8) is 0 Å². The lowest BCUT2D eigenvalue weighted by Gasteiger charge is -2.25. The monoisotopic (exact) mass is 300 g/mol. The smallest absolute Gasteiger partial charge is 0.328 e. The van der Waals surface area contributed by atoms with Gasteiger partial charge >= 0.3 is 18.0 Å². The molecule has 2 N–H and O–H groups in total. The Kier molecular flexibility index (Phi) is 6.98. The van der Waals surface area contributed by atoms with E-state index in [4.69, 9.17) is 9.84 Å². The highest BCUT2D eigenvalue weighted by Gasteiger charge is 2.35. The summed E-state index contributed by atoms with van der Waals surface area (Å²) in [5, 5.41) is 11.4. The first-order valence-corrected chi connectivity index (χ1v) is 7.41. The summed E-state index contributed by atoms with van der Waals surface area (Å²) in [5.74, 6) is -1.20. The van der Waals surface area contributed by atoms with Gasteiger partial charge in [-0.3, -0.25) is 4.79 Å². The summed E-state index contributed by atoms with van der Waals surface area (Å²) in [6.45, 7) is 4.41. The number of hydrogen-bond acceptors (Lipinski definition) is 4. The van der Waals surface area contributed by atoms with Crippen molar-refractivity contribution < 1.29 is 24.2 Å². The second-order valence-electron chi connectivity index (χ2n) is 5.24. The summed E-state index contributed by atoms with van der Waals surface area (Å²) in [4.78, 5) is 35.9. The van der Waals surface area contributed by atoms with E-state index in [0.29, 0.717) is 32.4 Å². The molecular formula is C14H24N2O5. The Bertz CT molecular complexity index is 386. The topological polar surface area (TPSA) is 95.9 Å². The van der Waals surface area contributed by atoms with E-state index in [2.05, 4.69) is 5.32 Å². The van der Waals surface area contributed by atoms with Crippen LogP contribution in [-0.4, -0.2) is 53.2 Å². The van der Waals surface area contributed by atoms with E-state index in [9.17, 15) is 14.4 Å². The molecule has 0 aromatic heterocycles. The largest absolute Gasteiger partial charge is 0.481 e.